The summed E-state index contributed by atoms with van der Waals surface area (Å²) in [7, 11) is 1.78. The van der Waals surface area contributed by atoms with Crippen LogP contribution in [0.2, 0.25) is 0 Å². The van der Waals surface area contributed by atoms with Crippen LogP contribution in [0.15, 0.2) is 24.4 Å². The molecule has 1 aliphatic heterocycles. The van der Waals surface area contributed by atoms with E-state index < -0.39 is 0 Å². The summed E-state index contributed by atoms with van der Waals surface area (Å²) in [6.45, 7) is 1.75. The molecule has 1 aromatic carbocycles. The second kappa shape index (κ2) is 5.25. The first-order chi connectivity index (χ1) is 9.70. The second-order valence-corrected chi connectivity index (χ2v) is 5.23. The Morgan fingerprint density at radius 1 is 1.35 bits per heavy atom. The van der Waals surface area contributed by atoms with Crippen molar-refractivity contribution in [3.63, 3.8) is 0 Å². The van der Waals surface area contributed by atoms with Crippen LogP contribution >= 0.6 is 0 Å². The smallest absolute Gasteiger partial charge is 0.136 e. The number of hydrogen-bond acceptors (Lipinski definition) is 4. The Balaban J connectivity index is 2.10. The lowest BCUT2D eigenvalue weighted by Crippen LogP contribution is -2.40. The predicted octanol–water partition coefficient (Wildman–Crippen LogP) is 2.34. The van der Waals surface area contributed by atoms with Gasteiger partial charge in [0, 0.05) is 37.0 Å². The minimum absolute atomic E-state index is 0.218. The number of nitrogens with two attached hydrogens (primary N) is 1. The van der Waals surface area contributed by atoms with Crippen molar-refractivity contribution in [2.24, 2.45) is 5.73 Å². The monoisotopic (exact) mass is 274 g/mol. The van der Waals surface area contributed by atoms with Crippen LogP contribution in [0.25, 0.3) is 10.8 Å². The van der Waals surface area contributed by atoms with E-state index in [0.29, 0.717) is 5.39 Å². The van der Waals surface area contributed by atoms with Crippen molar-refractivity contribution in [2.75, 3.05) is 30.4 Å². The lowest BCUT2D eigenvalue weighted by Gasteiger charge is -2.32. The summed E-state index contributed by atoms with van der Waals surface area (Å²) in [5.74, 6) is 0.634. The molecule has 0 bridgehead atoms. The Hall–Kier alpha value is -1.88. The van der Waals surface area contributed by atoms with Crippen LogP contribution in [0.4, 0.5) is 15.9 Å². The summed E-state index contributed by atoms with van der Waals surface area (Å²) in [6, 6.07) is 5.42. The number of benzene rings is 1. The molecule has 0 unspecified atom stereocenters. The Morgan fingerprint density at radius 3 is 2.80 bits per heavy atom. The van der Waals surface area contributed by atoms with Crippen LogP contribution in [0, 0.1) is 5.82 Å². The van der Waals surface area contributed by atoms with E-state index in [9.17, 15) is 4.39 Å². The van der Waals surface area contributed by atoms with Crippen LogP contribution in [0.3, 0.4) is 0 Å². The lowest BCUT2D eigenvalue weighted by atomic mass is 10.0. The molecule has 1 fully saturated rings. The normalized spacial score (nSPS) is 16.6. The first kappa shape index (κ1) is 13.1. The number of fused-ring (bicyclic) bond motifs is 1. The van der Waals surface area contributed by atoms with Crippen molar-refractivity contribution in [1.82, 2.24) is 4.98 Å². The zero-order valence-electron chi connectivity index (χ0n) is 11.6. The summed E-state index contributed by atoms with van der Waals surface area (Å²) in [4.78, 5) is 6.72. The average molecular weight is 274 g/mol. The lowest BCUT2D eigenvalue weighted by molar-refractivity contribution is 0.499. The number of aromatic nitrogens is 1. The van der Waals surface area contributed by atoms with Gasteiger partial charge in [0.25, 0.3) is 0 Å². The van der Waals surface area contributed by atoms with E-state index in [1.807, 2.05) is 6.07 Å². The molecule has 0 spiro atoms. The molecule has 4 nitrogen and oxygen atoms in total. The largest absolute Gasteiger partial charge is 0.386 e. The highest BCUT2D eigenvalue weighted by molar-refractivity contribution is 6.00. The fourth-order valence-corrected chi connectivity index (χ4v) is 2.80. The van der Waals surface area contributed by atoms with Gasteiger partial charge < -0.3 is 16.0 Å². The molecule has 0 aliphatic carbocycles. The summed E-state index contributed by atoms with van der Waals surface area (Å²) >= 11 is 0. The molecule has 3 N–H and O–H groups in total. The van der Waals surface area contributed by atoms with Crippen LogP contribution in [0.5, 0.6) is 0 Å². The van der Waals surface area contributed by atoms with E-state index in [0.717, 1.165) is 42.8 Å². The number of anilines is 2. The topological polar surface area (TPSA) is 54.2 Å². The van der Waals surface area contributed by atoms with Gasteiger partial charge in [-0.2, -0.15) is 0 Å². The van der Waals surface area contributed by atoms with Gasteiger partial charge in [-0.25, -0.2) is 9.37 Å². The number of halogens is 1. The van der Waals surface area contributed by atoms with E-state index in [-0.39, 0.29) is 11.9 Å². The van der Waals surface area contributed by atoms with E-state index in [1.54, 1.807) is 19.3 Å². The quantitative estimate of drug-likeness (QED) is 0.882. The second-order valence-electron chi connectivity index (χ2n) is 5.23. The Labute approximate surface area is 117 Å². The Kier molecular flexibility index (Phi) is 3.44. The molecule has 1 aromatic heterocycles. The van der Waals surface area contributed by atoms with Gasteiger partial charge in [-0.15, -0.1) is 0 Å². The maximum Gasteiger partial charge on any atom is 0.136 e. The zero-order valence-corrected chi connectivity index (χ0v) is 11.6. The Morgan fingerprint density at radius 2 is 2.10 bits per heavy atom. The predicted molar refractivity (Wildman–Crippen MR) is 80.7 cm³/mol. The standard InChI is InChI=1S/C15H19FN4/c1-18-13-9-19-15(20-7-5-10(17)6-8-20)11-3-2-4-12(16)14(11)13/h2-4,9-10,18H,5-8,17H2,1H3. The van der Waals surface area contributed by atoms with Crippen molar-refractivity contribution in [2.45, 2.75) is 18.9 Å². The maximum absolute atomic E-state index is 14.1. The first-order valence-electron chi connectivity index (χ1n) is 6.96. The minimum Gasteiger partial charge on any atom is -0.386 e. The van der Waals surface area contributed by atoms with E-state index in [1.165, 1.54) is 6.07 Å². The summed E-state index contributed by atoms with van der Waals surface area (Å²) < 4.78 is 14.1. The molecule has 2 heterocycles. The summed E-state index contributed by atoms with van der Waals surface area (Å²) in [6.07, 6.45) is 3.60. The van der Waals surface area contributed by atoms with Gasteiger partial charge in [-0.05, 0) is 18.9 Å². The fraction of sp³-hybridized carbons (Fsp3) is 0.400. The molecule has 2 aromatic rings. The van der Waals surface area contributed by atoms with Crippen molar-refractivity contribution in [1.29, 1.82) is 0 Å². The third-order valence-corrected chi connectivity index (χ3v) is 3.95. The third-order valence-electron chi connectivity index (χ3n) is 3.95. The molecule has 3 rings (SSSR count). The van der Waals surface area contributed by atoms with Gasteiger partial charge in [-0.1, -0.05) is 12.1 Å². The summed E-state index contributed by atoms with van der Waals surface area (Å²) in [5, 5.41) is 4.47. The first-order valence-corrected chi connectivity index (χ1v) is 6.96. The number of pyridine rings is 1. The van der Waals surface area contributed by atoms with Gasteiger partial charge in [0.05, 0.1) is 11.9 Å². The zero-order chi connectivity index (χ0) is 14.1. The maximum atomic E-state index is 14.1. The van der Waals surface area contributed by atoms with Crippen LogP contribution in [0.1, 0.15) is 12.8 Å². The van der Waals surface area contributed by atoms with Crippen molar-refractivity contribution >= 4 is 22.3 Å². The van der Waals surface area contributed by atoms with Crippen LogP contribution < -0.4 is 16.0 Å². The SMILES string of the molecule is CNc1cnc(N2CCC(N)CC2)c2cccc(F)c12. The molecule has 0 amide bonds. The highest BCUT2D eigenvalue weighted by Crippen LogP contribution is 2.32. The molecule has 0 atom stereocenters. The van der Waals surface area contributed by atoms with Gasteiger partial charge in [-0.3, -0.25) is 0 Å². The molecular formula is C15H19FN4. The average Bonchev–Trinajstić information content (AvgIpc) is 2.47. The molecular weight excluding hydrogens is 255 g/mol. The van der Waals surface area contributed by atoms with Crippen molar-refractivity contribution in [3.05, 3.63) is 30.2 Å². The molecule has 0 radical (unpaired) electrons. The number of nitrogens with one attached hydrogen (secondary N) is 1. The summed E-state index contributed by atoms with van der Waals surface area (Å²) in [5.41, 5.74) is 6.66. The van der Waals surface area contributed by atoms with E-state index in [2.05, 4.69) is 15.2 Å². The third kappa shape index (κ3) is 2.18. The molecule has 106 valence electrons. The van der Waals surface area contributed by atoms with Crippen LogP contribution in [-0.2, 0) is 0 Å². The van der Waals surface area contributed by atoms with Crippen molar-refractivity contribution < 1.29 is 4.39 Å². The van der Waals surface area contributed by atoms with Gasteiger partial charge in [0.1, 0.15) is 11.6 Å². The number of piperidine rings is 1. The van der Waals surface area contributed by atoms with E-state index >= 15 is 0 Å². The van der Waals surface area contributed by atoms with Gasteiger partial charge in [0.2, 0.25) is 0 Å². The highest BCUT2D eigenvalue weighted by Gasteiger charge is 2.20. The molecule has 20 heavy (non-hydrogen) atoms. The minimum atomic E-state index is -0.218. The fourth-order valence-electron chi connectivity index (χ4n) is 2.80. The molecule has 0 saturated carbocycles. The number of hydrogen-bond donors (Lipinski definition) is 2. The van der Waals surface area contributed by atoms with Gasteiger partial charge >= 0.3 is 0 Å². The molecule has 5 heteroatoms. The van der Waals surface area contributed by atoms with Crippen molar-refractivity contribution in [3.8, 4) is 0 Å². The molecule has 1 aliphatic rings. The molecule has 1 saturated heterocycles. The Bertz CT molecular complexity index is 621. The van der Waals surface area contributed by atoms with Gasteiger partial charge in [0.15, 0.2) is 0 Å². The number of nitrogens with zero attached hydrogens (tertiary/aromatic N) is 2. The van der Waals surface area contributed by atoms with E-state index in [4.69, 9.17) is 5.73 Å². The van der Waals surface area contributed by atoms with Crippen LogP contribution in [-0.4, -0.2) is 31.2 Å². The number of rotatable bonds is 2. The highest BCUT2D eigenvalue weighted by atomic mass is 19.1.